The normalized spacial score (nSPS) is 14.0. The van der Waals surface area contributed by atoms with Gasteiger partial charge in [0.25, 0.3) is 0 Å². The molecule has 1 aliphatic heterocycles. The van der Waals surface area contributed by atoms with Crippen molar-refractivity contribution in [2.24, 2.45) is 4.99 Å². The summed E-state index contributed by atoms with van der Waals surface area (Å²) in [6, 6.07) is 5.05. The Bertz CT molecular complexity index is 363. The lowest BCUT2D eigenvalue weighted by Crippen LogP contribution is -2.15. The Labute approximate surface area is 93.4 Å². The van der Waals surface area contributed by atoms with Crippen molar-refractivity contribution < 1.29 is 4.39 Å². The van der Waals surface area contributed by atoms with Gasteiger partial charge in [-0.3, -0.25) is 4.99 Å². The fourth-order valence-corrected chi connectivity index (χ4v) is 1.81. The number of rotatable bonds is 1. The molecule has 1 aromatic carbocycles. The first-order valence-corrected chi connectivity index (χ1v) is 4.73. The molecule has 1 heterocycles. The Morgan fingerprint density at radius 3 is 2.93 bits per heavy atom. The maximum absolute atomic E-state index is 13.3. The summed E-state index contributed by atoms with van der Waals surface area (Å²) >= 11 is 5.71. The molecule has 0 unspecified atom stereocenters. The van der Waals surface area contributed by atoms with Gasteiger partial charge < -0.3 is 0 Å². The molecular weight excluding hydrogens is 224 g/mol. The first-order valence-electron chi connectivity index (χ1n) is 4.20. The second-order valence-corrected chi connectivity index (χ2v) is 3.25. The smallest absolute Gasteiger partial charge is 0.127 e. The topological polar surface area (TPSA) is 12.4 Å². The first kappa shape index (κ1) is 11.5. The van der Waals surface area contributed by atoms with Crippen molar-refractivity contribution in [3.05, 3.63) is 35.1 Å². The number of fused-ring (bicyclic) bond motifs is 1. The van der Waals surface area contributed by atoms with Gasteiger partial charge in [0.1, 0.15) is 5.82 Å². The molecule has 14 heavy (non-hydrogen) atoms. The van der Waals surface area contributed by atoms with Crippen molar-refractivity contribution in [1.82, 2.24) is 0 Å². The third kappa shape index (κ3) is 1.91. The molecule has 0 spiro atoms. The number of halogens is 3. The molecule has 0 aliphatic carbocycles. The third-order valence-electron chi connectivity index (χ3n) is 2.22. The number of benzene rings is 1. The van der Waals surface area contributed by atoms with Crippen LogP contribution < -0.4 is 0 Å². The molecular formula is C10H10Cl2FN. The van der Waals surface area contributed by atoms with Gasteiger partial charge in [0, 0.05) is 12.1 Å². The van der Waals surface area contributed by atoms with E-state index in [0.717, 1.165) is 16.8 Å². The third-order valence-corrected chi connectivity index (χ3v) is 2.47. The van der Waals surface area contributed by atoms with E-state index >= 15 is 0 Å². The van der Waals surface area contributed by atoms with Crippen LogP contribution in [-0.2, 0) is 6.42 Å². The molecule has 0 saturated heterocycles. The summed E-state index contributed by atoms with van der Waals surface area (Å²) in [6.45, 7) is 0.649. The highest BCUT2D eigenvalue weighted by Crippen LogP contribution is 2.19. The van der Waals surface area contributed by atoms with E-state index in [1.54, 1.807) is 6.07 Å². The summed E-state index contributed by atoms with van der Waals surface area (Å²) < 4.78 is 13.3. The van der Waals surface area contributed by atoms with E-state index < -0.39 is 0 Å². The van der Waals surface area contributed by atoms with Crippen LogP contribution in [0.4, 0.5) is 4.39 Å². The molecule has 0 saturated carbocycles. The summed E-state index contributed by atoms with van der Waals surface area (Å²) in [5.41, 5.74) is 2.44. The van der Waals surface area contributed by atoms with Gasteiger partial charge in [-0.05, 0) is 18.1 Å². The quantitative estimate of drug-likeness (QED) is 0.662. The van der Waals surface area contributed by atoms with E-state index in [1.807, 2.05) is 6.07 Å². The number of aliphatic imine (C=N–C) groups is 1. The molecule has 76 valence electrons. The molecule has 0 fully saturated rings. The van der Waals surface area contributed by atoms with E-state index in [2.05, 4.69) is 4.99 Å². The molecule has 0 radical (unpaired) electrons. The Morgan fingerprint density at radius 2 is 2.21 bits per heavy atom. The minimum Gasteiger partial charge on any atom is -0.288 e. The lowest BCUT2D eigenvalue weighted by Gasteiger charge is -2.15. The van der Waals surface area contributed by atoms with Gasteiger partial charge in [-0.25, -0.2) is 4.39 Å². The van der Waals surface area contributed by atoms with Crippen LogP contribution in [0, 0.1) is 5.82 Å². The predicted molar refractivity (Wildman–Crippen MR) is 59.5 cm³/mol. The van der Waals surface area contributed by atoms with Crippen LogP contribution in [-0.4, -0.2) is 18.1 Å². The van der Waals surface area contributed by atoms with Gasteiger partial charge in [0.2, 0.25) is 0 Å². The molecule has 0 bridgehead atoms. The SMILES string of the molecule is Cl.Fc1cccc2c1CCN=C2CCl. The number of nitrogens with zero attached hydrogens (tertiary/aromatic N) is 1. The highest BCUT2D eigenvalue weighted by Gasteiger charge is 2.15. The summed E-state index contributed by atoms with van der Waals surface area (Å²) in [5.74, 6) is 0.214. The van der Waals surface area contributed by atoms with E-state index in [-0.39, 0.29) is 18.2 Å². The highest BCUT2D eigenvalue weighted by molar-refractivity contribution is 6.32. The van der Waals surface area contributed by atoms with Gasteiger partial charge in [-0.15, -0.1) is 24.0 Å². The summed E-state index contributed by atoms with van der Waals surface area (Å²) in [5, 5.41) is 0. The molecule has 1 aliphatic rings. The van der Waals surface area contributed by atoms with Crippen LogP contribution in [0.3, 0.4) is 0 Å². The van der Waals surface area contributed by atoms with Crippen molar-refractivity contribution >= 4 is 29.7 Å². The van der Waals surface area contributed by atoms with Crippen LogP contribution in [0.5, 0.6) is 0 Å². The Kier molecular flexibility index (Phi) is 3.90. The number of hydrogen-bond donors (Lipinski definition) is 0. The molecule has 0 amide bonds. The van der Waals surface area contributed by atoms with E-state index in [1.165, 1.54) is 6.07 Å². The second-order valence-electron chi connectivity index (χ2n) is 2.98. The van der Waals surface area contributed by atoms with E-state index in [0.29, 0.717) is 18.8 Å². The summed E-state index contributed by atoms with van der Waals surface area (Å²) in [7, 11) is 0. The van der Waals surface area contributed by atoms with Gasteiger partial charge >= 0.3 is 0 Å². The average Bonchev–Trinajstić information content (AvgIpc) is 2.18. The van der Waals surface area contributed by atoms with Gasteiger partial charge in [-0.1, -0.05) is 12.1 Å². The van der Waals surface area contributed by atoms with Crippen LogP contribution in [0.25, 0.3) is 0 Å². The van der Waals surface area contributed by atoms with E-state index in [9.17, 15) is 4.39 Å². The minimum atomic E-state index is -0.144. The fraction of sp³-hybridized carbons (Fsp3) is 0.300. The largest absolute Gasteiger partial charge is 0.288 e. The number of alkyl halides is 1. The van der Waals surface area contributed by atoms with Crippen LogP contribution in [0.2, 0.25) is 0 Å². The second kappa shape index (κ2) is 4.76. The molecule has 4 heteroatoms. The molecule has 1 nitrogen and oxygen atoms in total. The minimum absolute atomic E-state index is 0. The summed E-state index contributed by atoms with van der Waals surface area (Å²) in [4.78, 5) is 4.25. The average molecular weight is 234 g/mol. The lowest BCUT2D eigenvalue weighted by molar-refractivity contribution is 0.607. The maximum atomic E-state index is 13.3. The van der Waals surface area contributed by atoms with Crippen molar-refractivity contribution in [1.29, 1.82) is 0 Å². The van der Waals surface area contributed by atoms with Gasteiger partial charge in [0.05, 0.1) is 11.6 Å². The van der Waals surface area contributed by atoms with Crippen LogP contribution >= 0.6 is 24.0 Å². The Hall–Kier alpha value is -0.600. The fourth-order valence-electron chi connectivity index (χ4n) is 1.59. The van der Waals surface area contributed by atoms with Gasteiger partial charge in [0.15, 0.2) is 0 Å². The standard InChI is InChI=1S/C10H9ClFN.ClH/c11-6-10-8-2-1-3-9(12)7(8)4-5-13-10;/h1-3H,4-6H2;1H. The maximum Gasteiger partial charge on any atom is 0.127 e. The van der Waals surface area contributed by atoms with E-state index in [4.69, 9.17) is 11.6 Å². The molecule has 0 N–H and O–H groups in total. The monoisotopic (exact) mass is 233 g/mol. The van der Waals surface area contributed by atoms with Crippen molar-refractivity contribution in [3.63, 3.8) is 0 Å². The predicted octanol–water partition coefficient (Wildman–Crippen LogP) is 2.83. The molecule has 0 aromatic heterocycles. The zero-order valence-corrected chi connectivity index (χ0v) is 9.04. The molecule has 2 rings (SSSR count). The lowest BCUT2D eigenvalue weighted by atomic mass is 9.98. The molecule has 0 atom stereocenters. The molecule has 1 aromatic rings. The zero-order chi connectivity index (χ0) is 9.26. The van der Waals surface area contributed by atoms with Crippen molar-refractivity contribution in [2.75, 3.05) is 12.4 Å². The summed E-state index contributed by atoms with van der Waals surface area (Å²) in [6.07, 6.45) is 0.683. The highest BCUT2D eigenvalue weighted by atomic mass is 35.5. The van der Waals surface area contributed by atoms with Crippen molar-refractivity contribution in [3.8, 4) is 0 Å². The Balaban J connectivity index is 0.000000980. The zero-order valence-electron chi connectivity index (χ0n) is 7.46. The Morgan fingerprint density at radius 1 is 1.43 bits per heavy atom. The van der Waals surface area contributed by atoms with Crippen molar-refractivity contribution in [2.45, 2.75) is 6.42 Å². The van der Waals surface area contributed by atoms with Gasteiger partial charge in [-0.2, -0.15) is 0 Å². The van der Waals surface area contributed by atoms with Crippen LogP contribution in [0.15, 0.2) is 23.2 Å². The first-order chi connectivity index (χ1) is 6.33. The number of hydrogen-bond acceptors (Lipinski definition) is 1. The van der Waals surface area contributed by atoms with Crippen LogP contribution in [0.1, 0.15) is 11.1 Å².